The van der Waals surface area contributed by atoms with Gasteiger partial charge in [0.2, 0.25) is 0 Å². The van der Waals surface area contributed by atoms with Crippen LogP contribution in [0.25, 0.3) is 0 Å². The molecule has 0 bridgehead atoms. The summed E-state index contributed by atoms with van der Waals surface area (Å²) in [5, 5.41) is 19.1. The molecular weight excluding hydrogens is 316 g/mol. The number of aryl methyl sites for hydroxylation is 1. The van der Waals surface area contributed by atoms with Crippen LogP contribution in [0.15, 0.2) is 15.8 Å². The van der Waals surface area contributed by atoms with Crippen molar-refractivity contribution in [3.05, 3.63) is 32.6 Å². The number of aromatic nitrogens is 2. The summed E-state index contributed by atoms with van der Waals surface area (Å²) in [7, 11) is 0. The molecule has 0 spiro atoms. The van der Waals surface area contributed by atoms with Crippen LogP contribution in [0.1, 0.15) is 25.5 Å². The van der Waals surface area contributed by atoms with Gasteiger partial charge >= 0.3 is 5.69 Å². The first-order valence-corrected chi connectivity index (χ1v) is 6.96. The minimum atomic E-state index is -0.806. The molecule has 0 amide bonds. The van der Waals surface area contributed by atoms with Crippen LogP contribution in [0.4, 0.5) is 0 Å². The maximum atomic E-state index is 11.8. The average molecular weight is 335 g/mol. The number of nitrogens with one attached hydrogen (secondary N) is 1. The second-order valence-corrected chi connectivity index (χ2v) is 5.87. The van der Waals surface area contributed by atoms with E-state index in [2.05, 4.69) is 20.9 Å². The number of aliphatic hydroxyl groups is 2. The second kappa shape index (κ2) is 6.49. The van der Waals surface area contributed by atoms with Crippen LogP contribution in [0.3, 0.4) is 0 Å². The summed E-state index contributed by atoms with van der Waals surface area (Å²) in [5.74, 6) is -0.314. The Morgan fingerprint density at radius 1 is 1.42 bits per heavy atom. The molecule has 3 N–H and O–H groups in total. The SMILES string of the molecule is Cc1cn([C@H](C)C(Br)C(O)[C@H](C)CO)c(=O)[nH]c1=O. The quantitative estimate of drug-likeness (QED) is 0.668. The summed E-state index contributed by atoms with van der Waals surface area (Å²) in [5.41, 5.74) is -0.504. The topological polar surface area (TPSA) is 95.3 Å². The zero-order valence-electron chi connectivity index (χ0n) is 11.1. The molecule has 0 radical (unpaired) electrons. The number of hydrogen-bond donors (Lipinski definition) is 3. The van der Waals surface area contributed by atoms with Gasteiger partial charge in [0.15, 0.2) is 0 Å². The highest BCUT2D eigenvalue weighted by Gasteiger charge is 2.28. The van der Waals surface area contributed by atoms with Gasteiger partial charge in [0.05, 0.1) is 17.0 Å². The molecule has 2 unspecified atom stereocenters. The molecule has 19 heavy (non-hydrogen) atoms. The highest BCUT2D eigenvalue weighted by molar-refractivity contribution is 9.09. The Morgan fingerprint density at radius 3 is 2.53 bits per heavy atom. The predicted molar refractivity (Wildman–Crippen MR) is 75.7 cm³/mol. The lowest BCUT2D eigenvalue weighted by Crippen LogP contribution is -2.40. The highest BCUT2D eigenvalue weighted by atomic mass is 79.9. The van der Waals surface area contributed by atoms with E-state index in [4.69, 9.17) is 5.11 Å². The van der Waals surface area contributed by atoms with E-state index < -0.39 is 22.2 Å². The first-order chi connectivity index (χ1) is 8.79. The van der Waals surface area contributed by atoms with Gasteiger partial charge in [-0.3, -0.25) is 14.3 Å². The minimum Gasteiger partial charge on any atom is -0.396 e. The van der Waals surface area contributed by atoms with Gasteiger partial charge in [-0.25, -0.2) is 4.79 Å². The molecule has 0 saturated carbocycles. The lowest BCUT2D eigenvalue weighted by molar-refractivity contribution is 0.0669. The molecule has 0 saturated heterocycles. The third-order valence-electron chi connectivity index (χ3n) is 3.24. The maximum Gasteiger partial charge on any atom is 0.328 e. The zero-order chi connectivity index (χ0) is 14.7. The van der Waals surface area contributed by atoms with Crippen molar-refractivity contribution < 1.29 is 10.2 Å². The summed E-state index contributed by atoms with van der Waals surface area (Å²) in [6.45, 7) is 4.94. The number of halogens is 1. The van der Waals surface area contributed by atoms with Crippen molar-refractivity contribution in [1.82, 2.24) is 9.55 Å². The van der Waals surface area contributed by atoms with Crippen LogP contribution in [0.2, 0.25) is 0 Å². The molecular formula is C12H19BrN2O4. The van der Waals surface area contributed by atoms with E-state index in [1.54, 1.807) is 20.8 Å². The molecule has 7 heteroatoms. The van der Waals surface area contributed by atoms with Crippen LogP contribution in [-0.2, 0) is 0 Å². The van der Waals surface area contributed by atoms with Crippen molar-refractivity contribution in [2.45, 2.75) is 37.7 Å². The van der Waals surface area contributed by atoms with Crippen LogP contribution < -0.4 is 11.2 Å². The standard InChI is InChI=1S/C12H19BrN2O4/c1-6-4-15(12(19)14-11(6)18)8(3)9(13)10(17)7(2)5-16/h4,7-10,16-17H,5H2,1-3H3,(H,14,18,19)/t7-,8-,9?,10?/m1/s1. The van der Waals surface area contributed by atoms with E-state index >= 15 is 0 Å². The van der Waals surface area contributed by atoms with E-state index in [0.29, 0.717) is 5.56 Å². The molecule has 0 aliphatic carbocycles. The highest BCUT2D eigenvalue weighted by Crippen LogP contribution is 2.24. The molecule has 0 fully saturated rings. The van der Waals surface area contributed by atoms with Crippen LogP contribution >= 0.6 is 15.9 Å². The first-order valence-electron chi connectivity index (χ1n) is 6.04. The average Bonchev–Trinajstić information content (AvgIpc) is 2.39. The van der Waals surface area contributed by atoms with Crippen molar-refractivity contribution in [3.8, 4) is 0 Å². The van der Waals surface area contributed by atoms with Crippen molar-refractivity contribution in [2.75, 3.05) is 6.61 Å². The third-order valence-corrected chi connectivity index (χ3v) is 4.55. The molecule has 1 heterocycles. The zero-order valence-corrected chi connectivity index (χ0v) is 12.7. The Morgan fingerprint density at radius 2 is 2.00 bits per heavy atom. The minimum absolute atomic E-state index is 0.143. The van der Waals surface area contributed by atoms with E-state index in [0.717, 1.165) is 0 Å². The van der Waals surface area contributed by atoms with E-state index in [1.165, 1.54) is 10.8 Å². The summed E-state index contributed by atoms with van der Waals surface area (Å²) in [4.78, 5) is 24.9. The van der Waals surface area contributed by atoms with Gasteiger partial charge in [0.25, 0.3) is 5.56 Å². The second-order valence-electron chi connectivity index (χ2n) is 4.81. The van der Waals surface area contributed by atoms with Crippen molar-refractivity contribution in [3.63, 3.8) is 0 Å². The van der Waals surface area contributed by atoms with Crippen molar-refractivity contribution in [1.29, 1.82) is 0 Å². The molecule has 0 aliphatic rings. The summed E-state index contributed by atoms with van der Waals surface area (Å²) >= 11 is 3.35. The fourth-order valence-electron chi connectivity index (χ4n) is 1.75. The molecule has 1 aromatic rings. The van der Waals surface area contributed by atoms with Crippen LogP contribution in [0.5, 0.6) is 0 Å². The number of alkyl halides is 1. The number of aromatic amines is 1. The van der Waals surface area contributed by atoms with E-state index in [-0.39, 0.29) is 18.6 Å². The summed E-state index contributed by atoms with van der Waals surface area (Å²) < 4.78 is 1.36. The summed E-state index contributed by atoms with van der Waals surface area (Å²) in [6.07, 6.45) is 0.662. The van der Waals surface area contributed by atoms with Crippen molar-refractivity contribution in [2.24, 2.45) is 5.92 Å². The van der Waals surface area contributed by atoms with Crippen LogP contribution in [-0.4, -0.2) is 37.3 Å². The van der Waals surface area contributed by atoms with Gasteiger partial charge < -0.3 is 10.2 Å². The lowest BCUT2D eigenvalue weighted by Gasteiger charge is -2.28. The molecule has 0 aliphatic heterocycles. The Balaban J connectivity index is 3.07. The van der Waals surface area contributed by atoms with Crippen LogP contribution in [0, 0.1) is 12.8 Å². The van der Waals surface area contributed by atoms with Crippen molar-refractivity contribution >= 4 is 15.9 Å². The number of rotatable bonds is 5. The molecule has 108 valence electrons. The lowest BCUT2D eigenvalue weighted by atomic mass is 9.99. The predicted octanol–water partition coefficient (Wildman–Crippen LogP) is 0.159. The molecule has 1 aromatic heterocycles. The molecule has 0 aromatic carbocycles. The fraction of sp³-hybridized carbons (Fsp3) is 0.667. The van der Waals surface area contributed by atoms with Gasteiger partial charge in [-0.2, -0.15) is 0 Å². The smallest absolute Gasteiger partial charge is 0.328 e. The number of aliphatic hydroxyl groups excluding tert-OH is 2. The number of H-pyrrole nitrogens is 1. The van der Waals surface area contributed by atoms with Gasteiger partial charge in [-0.1, -0.05) is 22.9 Å². The largest absolute Gasteiger partial charge is 0.396 e. The normalized spacial score (nSPS) is 17.8. The van der Waals surface area contributed by atoms with Gasteiger partial charge in [-0.05, 0) is 13.8 Å². The van der Waals surface area contributed by atoms with E-state index in [9.17, 15) is 14.7 Å². The van der Waals surface area contributed by atoms with Gasteiger partial charge in [0.1, 0.15) is 0 Å². The maximum absolute atomic E-state index is 11.8. The number of nitrogens with zero attached hydrogens (tertiary/aromatic N) is 1. The van der Waals surface area contributed by atoms with E-state index in [1.807, 2.05) is 0 Å². The monoisotopic (exact) mass is 334 g/mol. The number of hydrogen-bond acceptors (Lipinski definition) is 4. The summed E-state index contributed by atoms with van der Waals surface area (Å²) in [6, 6.07) is -0.368. The fourth-order valence-corrected chi connectivity index (χ4v) is 2.53. The Labute approximate surface area is 119 Å². The van der Waals surface area contributed by atoms with Gasteiger partial charge in [-0.15, -0.1) is 0 Å². The third kappa shape index (κ3) is 3.55. The van der Waals surface area contributed by atoms with Gasteiger partial charge in [0, 0.05) is 24.3 Å². The molecule has 4 atom stereocenters. The molecule has 1 rings (SSSR count). The Hall–Kier alpha value is -0.920. The Kier molecular flexibility index (Phi) is 5.51. The Bertz CT molecular complexity index is 539. The first kappa shape index (κ1) is 16.1. The molecule has 6 nitrogen and oxygen atoms in total.